The lowest BCUT2D eigenvalue weighted by molar-refractivity contribution is 0.200. The molecule has 0 radical (unpaired) electrons. The molecule has 3 aromatic rings. The second kappa shape index (κ2) is 9.28. The van der Waals surface area contributed by atoms with Gasteiger partial charge < -0.3 is 9.64 Å². The van der Waals surface area contributed by atoms with Gasteiger partial charge >= 0.3 is 0 Å². The first-order chi connectivity index (χ1) is 14.2. The molecule has 3 heterocycles. The van der Waals surface area contributed by atoms with Gasteiger partial charge in [0.15, 0.2) is 11.6 Å². The number of hydrogen-bond acceptors (Lipinski definition) is 7. The highest BCUT2D eigenvalue weighted by Crippen LogP contribution is 2.29. The van der Waals surface area contributed by atoms with Gasteiger partial charge in [-0.2, -0.15) is 0 Å². The summed E-state index contributed by atoms with van der Waals surface area (Å²) >= 11 is 1.65. The third-order valence-electron chi connectivity index (χ3n) is 4.68. The molecule has 8 heteroatoms. The molecule has 29 heavy (non-hydrogen) atoms. The number of thioether (sulfide) groups is 1. The molecule has 2 aromatic heterocycles. The molecule has 0 N–H and O–H groups in total. The van der Waals surface area contributed by atoms with Crippen molar-refractivity contribution in [3.05, 3.63) is 59.9 Å². The number of benzene rings is 1. The van der Waals surface area contributed by atoms with Crippen LogP contribution in [0.1, 0.15) is 17.7 Å². The molecular formula is C21H22FN5OS. The SMILES string of the molecule is COCCCSc1cc(F)cc(N2CCc3nc(-c4ncccn4)ncc3C2)c1. The van der Waals surface area contributed by atoms with Crippen molar-refractivity contribution in [2.45, 2.75) is 24.3 Å². The van der Waals surface area contributed by atoms with Gasteiger partial charge in [0.05, 0.1) is 5.69 Å². The molecule has 0 atom stereocenters. The van der Waals surface area contributed by atoms with Crippen molar-refractivity contribution in [1.82, 2.24) is 19.9 Å². The van der Waals surface area contributed by atoms with E-state index in [2.05, 4.69) is 30.9 Å². The zero-order valence-corrected chi connectivity index (χ0v) is 17.0. The van der Waals surface area contributed by atoms with E-state index < -0.39 is 0 Å². The van der Waals surface area contributed by atoms with E-state index in [-0.39, 0.29) is 5.82 Å². The Kier molecular flexibility index (Phi) is 6.31. The Balaban J connectivity index is 1.49. The van der Waals surface area contributed by atoms with Crippen molar-refractivity contribution in [3.8, 4) is 11.6 Å². The van der Waals surface area contributed by atoms with Gasteiger partial charge in [0.1, 0.15) is 5.82 Å². The van der Waals surface area contributed by atoms with E-state index in [0.29, 0.717) is 24.8 Å². The average molecular weight is 412 g/mol. The summed E-state index contributed by atoms with van der Waals surface area (Å²) in [5, 5.41) is 0. The van der Waals surface area contributed by atoms with Crippen LogP contribution in [0.15, 0.2) is 47.8 Å². The van der Waals surface area contributed by atoms with Gasteiger partial charge in [0, 0.05) is 73.7 Å². The Morgan fingerprint density at radius 1 is 1.14 bits per heavy atom. The van der Waals surface area contributed by atoms with Crippen molar-refractivity contribution in [1.29, 1.82) is 0 Å². The molecule has 1 aliphatic heterocycles. The van der Waals surface area contributed by atoms with Gasteiger partial charge in [-0.15, -0.1) is 11.8 Å². The summed E-state index contributed by atoms with van der Waals surface area (Å²) < 4.78 is 19.3. The van der Waals surface area contributed by atoms with Crippen LogP contribution in [0.5, 0.6) is 0 Å². The minimum Gasteiger partial charge on any atom is -0.385 e. The average Bonchev–Trinajstić information content (AvgIpc) is 2.76. The van der Waals surface area contributed by atoms with Crippen LogP contribution in [0.2, 0.25) is 0 Å². The first-order valence-corrected chi connectivity index (χ1v) is 10.5. The molecule has 0 spiro atoms. The summed E-state index contributed by atoms with van der Waals surface area (Å²) in [6.07, 6.45) is 6.91. The molecule has 0 amide bonds. The van der Waals surface area contributed by atoms with Crippen LogP contribution < -0.4 is 4.90 Å². The predicted octanol–water partition coefficient (Wildman–Crippen LogP) is 3.76. The second-order valence-electron chi connectivity index (χ2n) is 6.75. The molecule has 4 rings (SSSR count). The van der Waals surface area contributed by atoms with Gasteiger partial charge in [-0.3, -0.25) is 0 Å². The normalized spacial score (nSPS) is 13.4. The lowest BCUT2D eigenvalue weighted by Gasteiger charge is -2.30. The maximum absolute atomic E-state index is 14.2. The Hall–Kier alpha value is -2.58. The molecule has 0 saturated heterocycles. The molecule has 0 saturated carbocycles. The Morgan fingerprint density at radius 2 is 2.00 bits per heavy atom. The van der Waals surface area contributed by atoms with Crippen LogP contribution >= 0.6 is 11.8 Å². The molecule has 0 bridgehead atoms. The van der Waals surface area contributed by atoms with E-state index in [4.69, 9.17) is 4.74 Å². The third-order valence-corrected chi connectivity index (χ3v) is 5.74. The fourth-order valence-electron chi connectivity index (χ4n) is 3.27. The summed E-state index contributed by atoms with van der Waals surface area (Å²) in [4.78, 5) is 20.6. The van der Waals surface area contributed by atoms with Gasteiger partial charge in [-0.25, -0.2) is 24.3 Å². The highest BCUT2D eigenvalue weighted by Gasteiger charge is 2.20. The van der Waals surface area contributed by atoms with Gasteiger partial charge in [-0.1, -0.05) is 0 Å². The monoisotopic (exact) mass is 411 g/mol. The lowest BCUT2D eigenvalue weighted by atomic mass is 10.1. The lowest BCUT2D eigenvalue weighted by Crippen LogP contribution is -2.31. The molecule has 150 valence electrons. The van der Waals surface area contributed by atoms with Crippen molar-refractivity contribution in [3.63, 3.8) is 0 Å². The Morgan fingerprint density at radius 3 is 2.83 bits per heavy atom. The largest absolute Gasteiger partial charge is 0.385 e. The van der Waals surface area contributed by atoms with Crippen LogP contribution in [0.4, 0.5) is 10.1 Å². The number of halogens is 1. The molecule has 0 unspecified atom stereocenters. The predicted molar refractivity (Wildman–Crippen MR) is 111 cm³/mol. The Labute approximate surface area is 173 Å². The van der Waals surface area contributed by atoms with E-state index in [1.54, 1.807) is 49.5 Å². The number of rotatable bonds is 7. The molecule has 1 aliphatic rings. The first-order valence-electron chi connectivity index (χ1n) is 9.52. The van der Waals surface area contributed by atoms with Gasteiger partial charge in [-0.05, 0) is 30.7 Å². The third kappa shape index (κ3) is 4.89. The van der Waals surface area contributed by atoms with E-state index in [0.717, 1.165) is 47.0 Å². The number of methoxy groups -OCH3 is 1. The number of aromatic nitrogens is 4. The molecule has 0 aliphatic carbocycles. The molecular weight excluding hydrogens is 389 g/mol. The number of fused-ring (bicyclic) bond motifs is 1. The summed E-state index contributed by atoms with van der Waals surface area (Å²) in [6.45, 7) is 2.15. The summed E-state index contributed by atoms with van der Waals surface area (Å²) in [7, 11) is 1.69. The minimum absolute atomic E-state index is 0.213. The highest BCUT2D eigenvalue weighted by atomic mass is 32.2. The van der Waals surface area contributed by atoms with Crippen molar-refractivity contribution in [2.75, 3.05) is 30.9 Å². The van der Waals surface area contributed by atoms with Crippen LogP contribution in [-0.2, 0) is 17.7 Å². The van der Waals surface area contributed by atoms with Gasteiger partial charge in [0.2, 0.25) is 0 Å². The molecule has 1 aromatic carbocycles. The maximum atomic E-state index is 14.2. The number of nitrogens with zero attached hydrogens (tertiary/aromatic N) is 5. The smallest absolute Gasteiger partial charge is 0.197 e. The summed E-state index contributed by atoms with van der Waals surface area (Å²) in [5.74, 6) is 1.75. The van der Waals surface area contributed by atoms with Crippen molar-refractivity contribution < 1.29 is 9.13 Å². The maximum Gasteiger partial charge on any atom is 0.197 e. The first kappa shape index (κ1) is 19.7. The van der Waals surface area contributed by atoms with Crippen molar-refractivity contribution >= 4 is 17.4 Å². The van der Waals surface area contributed by atoms with Crippen LogP contribution in [0.3, 0.4) is 0 Å². The number of anilines is 1. The highest BCUT2D eigenvalue weighted by molar-refractivity contribution is 7.99. The van der Waals surface area contributed by atoms with E-state index in [1.807, 2.05) is 6.20 Å². The second-order valence-corrected chi connectivity index (χ2v) is 7.92. The molecule has 6 nitrogen and oxygen atoms in total. The molecule has 0 fully saturated rings. The fraction of sp³-hybridized carbons (Fsp3) is 0.333. The Bertz CT molecular complexity index is 973. The zero-order valence-electron chi connectivity index (χ0n) is 16.2. The summed E-state index contributed by atoms with van der Waals surface area (Å²) in [6, 6.07) is 7.01. The minimum atomic E-state index is -0.213. The van der Waals surface area contributed by atoms with Crippen LogP contribution in [0, 0.1) is 5.82 Å². The number of hydrogen-bond donors (Lipinski definition) is 0. The van der Waals surface area contributed by atoms with E-state index >= 15 is 0 Å². The van der Waals surface area contributed by atoms with Crippen molar-refractivity contribution in [2.24, 2.45) is 0 Å². The zero-order chi connectivity index (χ0) is 20.1. The topological polar surface area (TPSA) is 64.0 Å². The van der Waals surface area contributed by atoms with E-state index in [1.165, 1.54) is 0 Å². The number of ether oxygens (including phenoxy) is 1. The standard InChI is InChI=1S/C21H22FN5OS/c1-28-8-3-9-29-18-11-16(22)10-17(12-18)27-7-4-19-15(14-27)13-25-21(26-19)20-23-5-2-6-24-20/h2,5-6,10-13H,3-4,7-9,14H2,1H3. The van der Waals surface area contributed by atoms with Crippen LogP contribution in [-0.4, -0.2) is 46.0 Å². The van der Waals surface area contributed by atoms with E-state index in [9.17, 15) is 4.39 Å². The van der Waals surface area contributed by atoms with Gasteiger partial charge in [0.25, 0.3) is 0 Å². The van der Waals surface area contributed by atoms with Crippen LogP contribution in [0.25, 0.3) is 11.6 Å². The fourth-order valence-corrected chi connectivity index (χ4v) is 4.16. The summed E-state index contributed by atoms with van der Waals surface area (Å²) in [5.41, 5.74) is 2.94. The quantitative estimate of drug-likeness (QED) is 0.433.